The minimum atomic E-state index is -0.888. The van der Waals surface area contributed by atoms with E-state index in [9.17, 15) is 19.2 Å². The molecule has 2 rings (SSSR count). The van der Waals surface area contributed by atoms with Crippen LogP contribution in [0.3, 0.4) is 0 Å². The summed E-state index contributed by atoms with van der Waals surface area (Å²) in [4.78, 5) is 49.6. The van der Waals surface area contributed by atoms with E-state index < -0.39 is 17.8 Å². The second kappa shape index (κ2) is 7.29. The Morgan fingerprint density at radius 2 is 2.00 bits per heavy atom. The molecule has 0 fully saturated rings. The molecule has 0 N–H and O–H groups in total. The van der Waals surface area contributed by atoms with Crippen molar-refractivity contribution in [3.05, 3.63) is 46.4 Å². The second-order valence-corrected chi connectivity index (χ2v) is 5.60. The van der Waals surface area contributed by atoms with Gasteiger partial charge in [-0.1, -0.05) is 6.08 Å². The standard InChI is InChI=1S/C18H19NO6/c1-5-10(2)18(23)25-8-13-14-12(6-7-19(13)9-20)15(21)11(3)17(24-4)16(14)22/h5-7,9,13H,8H2,1-4H3/b10-5-/t13-/m0/s1. The third-order valence-corrected chi connectivity index (χ3v) is 4.23. The van der Waals surface area contributed by atoms with Gasteiger partial charge in [0.2, 0.25) is 12.2 Å². The molecule has 7 heteroatoms. The predicted molar refractivity (Wildman–Crippen MR) is 88.0 cm³/mol. The zero-order valence-electron chi connectivity index (χ0n) is 14.5. The van der Waals surface area contributed by atoms with Gasteiger partial charge in [-0.2, -0.15) is 0 Å². The summed E-state index contributed by atoms with van der Waals surface area (Å²) in [6, 6.07) is -0.888. The van der Waals surface area contributed by atoms with Crippen LogP contribution in [0.25, 0.3) is 0 Å². The summed E-state index contributed by atoms with van der Waals surface area (Å²) >= 11 is 0. The van der Waals surface area contributed by atoms with Crippen LogP contribution < -0.4 is 0 Å². The van der Waals surface area contributed by atoms with Crippen molar-refractivity contribution in [2.75, 3.05) is 13.7 Å². The Morgan fingerprint density at radius 3 is 2.56 bits per heavy atom. The van der Waals surface area contributed by atoms with Gasteiger partial charge in [-0.3, -0.25) is 14.4 Å². The van der Waals surface area contributed by atoms with Crippen molar-refractivity contribution < 1.29 is 28.7 Å². The number of allylic oxidation sites excluding steroid dienone is 5. The van der Waals surface area contributed by atoms with Crippen LogP contribution in [0.5, 0.6) is 0 Å². The molecule has 0 spiro atoms. The largest absolute Gasteiger partial charge is 0.492 e. The summed E-state index contributed by atoms with van der Waals surface area (Å²) in [5.74, 6) is -1.46. The van der Waals surface area contributed by atoms with Crippen LogP contribution in [0.15, 0.2) is 46.4 Å². The predicted octanol–water partition coefficient (Wildman–Crippen LogP) is 1.22. The molecule has 132 valence electrons. The van der Waals surface area contributed by atoms with Crippen molar-refractivity contribution in [2.45, 2.75) is 26.8 Å². The van der Waals surface area contributed by atoms with Gasteiger partial charge in [-0.25, -0.2) is 4.79 Å². The van der Waals surface area contributed by atoms with E-state index >= 15 is 0 Å². The number of methoxy groups -OCH3 is 1. The summed E-state index contributed by atoms with van der Waals surface area (Å²) in [7, 11) is 1.30. The number of rotatable bonds is 5. The molecule has 1 aliphatic carbocycles. The summed E-state index contributed by atoms with van der Waals surface area (Å²) in [5.41, 5.74) is 0.881. The maximum absolute atomic E-state index is 12.7. The minimum absolute atomic E-state index is 0.0640. The number of esters is 1. The van der Waals surface area contributed by atoms with E-state index in [4.69, 9.17) is 9.47 Å². The molecule has 1 atom stereocenters. The Labute approximate surface area is 145 Å². The van der Waals surface area contributed by atoms with Crippen molar-refractivity contribution in [1.82, 2.24) is 4.90 Å². The fourth-order valence-electron chi connectivity index (χ4n) is 2.66. The van der Waals surface area contributed by atoms with E-state index in [1.54, 1.807) is 19.9 Å². The van der Waals surface area contributed by atoms with Gasteiger partial charge in [0.05, 0.1) is 13.2 Å². The number of nitrogens with zero attached hydrogens (tertiary/aromatic N) is 1. The molecule has 0 saturated heterocycles. The zero-order valence-corrected chi connectivity index (χ0v) is 14.5. The first-order valence-corrected chi connectivity index (χ1v) is 7.66. The summed E-state index contributed by atoms with van der Waals surface area (Å²) < 4.78 is 10.3. The van der Waals surface area contributed by atoms with Gasteiger partial charge in [0.25, 0.3) is 0 Å². The van der Waals surface area contributed by atoms with Crippen LogP contribution in [0.1, 0.15) is 20.8 Å². The Morgan fingerprint density at radius 1 is 1.32 bits per heavy atom. The van der Waals surface area contributed by atoms with E-state index in [2.05, 4.69) is 0 Å². The zero-order chi connectivity index (χ0) is 18.7. The van der Waals surface area contributed by atoms with Crippen LogP contribution in [0.2, 0.25) is 0 Å². The Kier molecular flexibility index (Phi) is 5.36. The average molecular weight is 345 g/mol. The monoisotopic (exact) mass is 345 g/mol. The van der Waals surface area contributed by atoms with Gasteiger partial charge in [-0.05, 0) is 26.8 Å². The van der Waals surface area contributed by atoms with Crippen LogP contribution in [-0.2, 0) is 28.7 Å². The number of amides is 1. The number of Topliss-reactive ketones (excluding diaryl/α,β-unsaturated/α-hetero) is 2. The van der Waals surface area contributed by atoms with Crippen molar-refractivity contribution >= 4 is 23.9 Å². The molecule has 2 aliphatic rings. The molecule has 7 nitrogen and oxygen atoms in total. The third kappa shape index (κ3) is 3.17. The highest BCUT2D eigenvalue weighted by atomic mass is 16.5. The maximum atomic E-state index is 12.7. The lowest BCUT2D eigenvalue weighted by Gasteiger charge is -2.33. The van der Waals surface area contributed by atoms with Crippen molar-refractivity contribution in [1.29, 1.82) is 0 Å². The first kappa shape index (κ1) is 18.4. The first-order chi connectivity index (χ1) is 11.9. The number of ketones is 2. The molecule has 0 saturated carbocycles. The second-order valence-electron chi connectivity index (χ2n) is 5.60. The molecule has 0 bridgehead atoms. The van der Waals surface area contributed by atoms with E-state index in [0.717, 1.165) is 0 Å². The molecule has 0 aromatic heterocycles. The minimum Gasteiger partial charge on any atom is -0.492 e. The highest BCUT2D eigenvalue weighted by Crippen LogP contribution is 2.32. The molecule has 0 aromatic rings. The molecule has 1 heterocycles. The lowest BCUT2D eigenvalue weighted by atomic mass is 9.83. The molecular weight excluding hydrogens is 326 g/mol. The number of hydrogen-bond acceptors (Lipinski definition) is 6. The first-order valence-electron chi connectivity index (χ1n) is 7.66. The van der Waals surface area contributed by atoms with Crippen LogP contribution in [-0.4, -0.2) is 48.6 Å². The summed E-state index contributed by atoms with van der Waals surface area (Å²) in [6.07, 6.45) is 4.91. The van der Waals surface area contributed by atoms with Gasteiger partial charge in [0.15, 0.2) is 11.5 Å². The fourth-order valence-corrected chi connectivity index (χ4v) is 2.66. The number of carbonyl (C=O) groups excluding carboxylic acids is 4. The molecule has 0 unspecified atom stereocenters. The van der Waals surface area contributed by atoms with Gasteiger partial charge >= 0.3 is 5.97 Å². The van der Waals surface area contributed by atoms with Crippen LogP contribution in [0, 0.1) is 0 Å². The van der Waals surface area contributed by atoms with Gasteiger partial charge in [0.1, 0.15) is 6.61 Å². The topological polar surface area (TPSA) is 90.0 Å². The Balaban J connectivity index is 2.40. The fraction of sp³-hybridized carbons (Fsp3) is 0.333. The third-order valence-electron chi connectivity index (χ3n) is 4.23. The van der Waals surface area contributed by atoms with E-state index in [0.29, 0.717) is 12.0 Å². The lowest BCUT2D eigenvalue weighted by Crippen LogP contribution is -2.44. The quantitative estimate of drug-likeness (QED) is 0.322. The smallest absolute Gasteiger partial charge is 0.333 e. The number of hydrogen-bond donors (Lipinski definition) is 0. The van der Waals surface area contributed by atoms with E-state index in [1.165, 1.54) is 31.2 Å². The number of carbonyl (C=O) groups is 4. The van der Waals surface area contributed by atoms with E-state index in [-0.39, 0.29) is 34.9 Å². The maximum Gasteiger partial charge on any atom is 0.333 e. The number of ether oxygens (including phenoxy) is 2. The Hall–Kier alpha value is -2.96. The summed E-state index contributed by atoms with van der Waals surface area (Å²) in [6.45, 7) is 4.55. The molecule has 25 heavy (non-hydrogen) atoms. The van der Waals surface area contributed by atoms with Crippen LogP contribution in [0.4, 0.5) is 0 Å². The van der Waals surface area contributed by atoms with Crippen molar-refractivity contribution in [3.63, 3.8) is 0 Å². The van der Waals surface area contributed by atoms with E-state index in [1.807, 2.05) is 0 Å². The molecule has 1 aliphatic heterocycles. The lowest BCUT2D eigenvalue weighted by molar-refractivity contribution is -0.141. The SMILES string of the molecule is C/C=C(/C)C(=O)OC[C@H]1C2=C(C=CN1C=O)C(=O)C(C)=C(OC)C2=O. The van der Waals surface area contributed by atoms with Crippen molar-refractivity contribution in [2.24, 2.45) is 0 Å². The molecular formula is C18H19NO6. The normalized spacial score (nSPS) is 20.7. The highest BCUT2D eigenvalue weighted by molar-refractivity contribution is 6.26. The molecule has 0 aromatic carbocycles. The van der Waals surface area contributed by atoms with Crippen LogP contribution >= 0.6 is 0 Å². The van der Waals surface area contributed by atoms with Gasteiger partial charge in [0, 0.05) is 28.5 Å². The van der Waals surface area contributed by atoms with Gasteiger partial charge < -0.3 is 14.4 Å². The summed E-state index contributed by atoms with van der Waals surface area (Å²) in [5, 5.41) is 0. The van der Waals surface area contributed by atoms with Crippen molar-refractivity contribution in [3.8, 4) is 0 Å². The van der Waals surface area contributed by atoms with Gasteiger partial charge in [-0.15, -0.1) is 0 Å². The molecule has 0 radical (unpaired) electrons. The highest BCUT2D eigenvalue weighted by Gasteiger charge is 2.40. The Bertz CT molecular complexity index is 768. The molecule has 1 amide bonds. The average Bonchev–Trinajstić information content (AvgIpc) is 2.63.